The predicted molar refractivity (Wildman–Crippen MR) is 133 cm³/mol. The van der Waals surface area contributed by atoms with Gasteiger partial charge in [-0.3, -0.25) is 13.9 Å². The summed E-state index contributed by atoms with van der Waals surface area (Å²) >= 11 is 0. The number of rotatable bonds is 7. The Hall–Kier alpha value is -2.03. The molecule has 0 bridgehead atoms. The zero-order valence-electron chi connectivity index (χ0n) is 21.2. The number of ether oxygens (including phenoxy) is 2. The van der Waals surface area contributed by atoms with Gasteiger partial charge >= 0.3 is 5.69 Å². The maximum atomic E-state index is 13.2. The highest BCUT2D eigenvalue weighted by atomic mass is 32.2. The minimum Gasteiger partial charge on any atom is -0.406 e. The fourth-order valence-electron chi connectivity index (χ4n) is 4.00. The molecule has 4 atom stereocenters. The van der Waals surface area contributed by atoms with E-state index in [2.05, 4.69) is 6.58 Å². The van der Waals surface area contributed by atoms with E-state index in [9.17, 15) is 18.0 Å². The highest BCUT2D eigenvalue weighted by Crippen LogP contribution is 2.51. The van der Waals surface area contributed by atoms with Crippen LogP contribution in [0.5, 0.6) is 0 Å². The third kappa shape index (κ3) is 4.72. The second-order valence-electron chi connectivity index (χ2n) is 10.4. The number of hydrogen-bond donors (Lipinski definition) is 1. The van der Waals surface area contributed by atoms with Crippen LogP contribution in [0.3, 0.4) is 0 Å². The average Bonchev–Trinajstić information content (AvgIpc) is 3.15. The Morgan fingerprint density at radius 2 is 1.94 bits per heavy atom. The van der Waals surface area contributed by atoms with Crippen LogP contribution in [0.4, 0.5) is 0 Å². The molecule has 3 heterocycles. The van der Waals surface area contributed by atoms with Crippen LogP contribution in [0.1, 0.15) is 32.6 Å². The fraction of sp³-hybridized carbons (Fsp3) is 0.636. The monoisotopic (exact) mass is 529 g/mol. The van der Waals surface area contributed by atoms with Crippen molar-refractivity contribution in [3.05, 3.63) is 56.4 Å². The van der Waals surface area contributed by atoms with Crippen LogP contribution in [0.25, 0.3) is 0 Å². The number of aryl methyl sites for hydroxylation is 1. The first-order valence-electron chi connectivity index (χ1n) is 11.2. The molecule has 0 radical (unpaired) electrons. The van der Waals surface area contributed by atoms with Gasteiger partial charge in [0.15, 0.2) is 20.1 Å². The number of aromatic nitrogens is 2. The summed E-state index contributed by atoms with van der Waals surface area (Å²) in [7, 11) is -5.42. The summed E-state index contributed by atoms with van der Waals surface area (Å²) in [6.07, 6.45) is -0.417. The Kier molecular flexibility index (Phi) is 7.18. The predicted octanol–water partition coefficient (Wildman–Crippen LogP) is 1.24. The second-order valence-corrected chi connectivity index (χ2v) is 16.6. The van der Waals surface area contributed by atoms with Crippen molar-refractivity contribution in [3.63, 3.8) is 0 Å². The first kappa shape index (κ1) is 27.6. The van der Waals surface area contributed by atoms with Gasteiger partial charge in [0.1, 0.15) is 12.2 Å². The molecule has 0 amide bonds. The van der Waals surface area contributed by atoms with Gasteiger partial charge in [-0.15, -0.1) is 6.58 Å². The Labute approximate surface area is 206 Å². The van der Waals surface area contributed by atoms with E-state index in [1.165, 1.54) is 23.9 Å². The fourth-order valence-corrected chi connectivity index (χ4v) is 6.50. The number of nitrogens with two attached hydrogens (primary N) is 1. The van der Waals surface area contributed by atoms with Crippen LogP contribution in [0, 0.1) is 6.92 Å². The van der Waals surface area contributed by atoms with Gasteiger partial charge < -0.3 is 19.6 Å². The first-order chi connectivity index (χ1) is 16.0. The molecule has 2 aliphatic heterocycles. The zero-order chi connectivity index (χ0) is 26.6. The molecule has 1 saturated heterocycles. The van der Waals surface area contributed by atoms with Gasteiger partial charge in [0.25, 0.3) is 15.7 Å². The van der Waals surface area contributed by atoms with Gasteiger partial charge in [-0.2, -0.15) is 8.42 Å². The summed E-state index contributed by atoms with van der Waals surface area (Å²) in [5, 5.41) is 0.562. The van der Waals surface area contributed by atoms with Crippen molar-refractivity contribution < 1.29 is 26.5 Å². The van der Waals surface area contributed by atoms with E-state index in [0.29, 0.717) is 5.56 Å². The molecule has 1 aromatic rings. The van der Waals surface area contributed by atoms with Crippen molar-refractivity contribution >= 4 is 18.4 Å². The normalized spacial score (nSPS) is 28.4. The van der Waals surface area contributed by atoms with Crippen LogP contribution >= 0.6 is 0 Å². The molecule has 0 aliphatic carbocycles. The maximum Gasteiger partial charge on any atom is 0.332 e. The molecular weight excluding hydrogens is 494 g/mol. The molecular formula is C22H35N3O8SSi. The Balaban J connectivity index is 2.27. The van der Waals surface area contributed by atoms with Crippen molar-refractivity contribution in [2.24, 2.45) is 12.8 Å². The van der Waals surface area contributed by atoms with E-state index in [1.54, 1.807) is 6.92 Å². The second kappa shape index (κ2) is 9.12. The van der Waals surface area contributed by atoms with E-state index in [4.69, 9.17) is 23.8 Å². The molecule has 0 aromatic carbocycles. The summed E-state index contributed by atoms with van der Waals surface area (Å²) in [4.78, 5) is 25.5. The van der Waals surface area contributed by atoms with Gasteiger partial charge in [-0.1, -0.05) is 26.8 Å². The van der Waals surface area contributed by atoms with Crippen LogP contribution in [0.15, 0.2) is 39.5 Å². The molecule has 3 rings (SSSR count). The topological polar surface area (TPSA) is 141 Å². The van der Waals surface area contributed by atoms with Crippen LogP contribution in [-0.4, -0.2) is 56.9 Å². The molecule has 1 spiro atoms. The smallest absolute Gasteiger partial charge is 0.332 e. The van der Waals surface area contributed by atoms with Gasteiger partial charge in [-0.05, 0) is 25.1 Å². The molecule has 11 nitrogen and oxygen atoms in total. The lowest BCUT2D eigenvalue weighted by molar-refractivity contribution is -0.0716. The lowest BCUT2D eigenvalue weighted by atomic mass is 9.89. The molecule has 2 N–H and O–H groups in total. The van der Waals surface area contributed by atoms with Crippen molar-refractivity contribution in [1.29, 1.82) is 0 Å². The van der Waals surface area contributed by atoms with E-state index < -0.39 is 53.7 Å². The van der Waals surface area contributed by atoms with Gasteiger partial charge in [0.05, 0.1) is 24.3 Å². The minimum absolute atomic E-state index is 0.106. The highest BCUT2D eigenvalue weighted by Gasteiger charge is 2.67. The molecule has 1 aromatic heterocycles. The Morgan fingerprint density at radius 3 is 2.46 bits per heavy atom. The van der Waals surface area contributed by atoms with E-state index in [-0.39, 0.29) is 23.9 Å². The Bertz CT molecular complexity index is 1260. The minimum atomic E-state index is -4.16. The van der Waals surface area contributed by atoms with Gasteiger partial charge in [0.2, 0.25) is 0 Å². The average molecular weight is 530 g/mol. The standard InChI is InChI=1S/C22H35N3O8SSi/c1-9-10-30-12-16-22(15(23)13-34(28,29)33-22)17(32-35(7,8)21(3,4)5)19(31-16)25-11-14(2)18(26)24(6)20(25)27/h9,11,13,16-17,19H,1,10,12,23H2,2-8H3/t16-,17+,19-,22-/m1/s1. The van der Waals surface area contributed by atoms with Crippen LogP contribution in [-0.2, 0) is 35.2 Å². The first-order valence-corrected chi connectivity index (χ1v) is 15.6. The molecule has 196 valence electrons. The summed E-state index contributed by atoms with van der Waals surface area (Å²) in [6, 6.07) is 0. The third-order valence-electron chi connectivity index (χ3n) is 6.93. The third-order valence-corrected chi connectivity index (χ3v) is 12.4. The zero-order valence-corrected chi connectivity index (χ0v) is 23.0. The lowest BCUT2D eigenvalue weighted by Gasteiger charge is -2.43. The van der Waals surface area contributed by atoms with Crippen molar-refractivity contribution in [2.45, 2.75) is 69.9 Å². The summed E-state index contributed by atoms with van der Waals surface area (Å²) in [5.41, 5.74) is 3.63. The number of hydrogen-bond acceptors (Lipinski definition) is 9. The maximum absolute atomic E-state index is 13.2. The van der Waals surface area contributed by atoms with Crippen LogP contribution < -0.4 is 17.0 Å². The molecule has 2 aliphatic rings. The van der Waals surface area contributed by atoms with Crippen molar-refractivity contribution in [2.75, 3.05) is 13.2 Å². The summed E-state index contributed by atoms with van der Waals surface area (Å²) in [5.74, 6) is 0. The molecule has 0 unspecified atom stereocenters. The van der Waals surface area contributed by atoms with Crippen molar-refractivity contribution in [1.82, 2.24) is 9.13 Å². The van der Waals surface area contributed by atoms with Crippen molar-refractivity contribution in [3.8, 4) is 0 Å². The summed E-state index contributed by atoms with van der Waals surface area (Å²) < 4.78 is 51.6. The molecule has 0 saturated carbocycles. The Morgan fingerprint density at radius 1 is 1.31 bits per heavy atom. The van der Waals surface area contributed by atoms with E-state index in [1.807, 2.05) is 33.9 Å². The molecule has 35 heavy (non-hydrogen) atoms. The number of nitrogens with zero attached hydrogens (tertiary/aromatic N) is 2. The molecule has 13 heteroatoms. The van der Waals surface area contributed by atoms with E-state index >= 15 is 0 Å². The largest absolute Gasteiger partial charge is 0.406 e. The van der Waals surface area contributed by atoms with Gasteiger partial charge in [0, 0.05) is 18.8 Å². The molecule has 1 fully saturated rings. The van der Waals surface area contributed by atoms with Gasteiger partial charge in [-0.25, -0.2) is 8.98 Å². The van der Waals surface area contributed by atoms with Crippen LogP contribution in [0.2, 0.25) is 18.1 Å². The SMILES string of the molecule is C=CCOC[C@H]1O[C@@H](n2cc(C)c(=O)n(C)c2=O)[C@H](O[Si](C)(C)C(C)(C)C)[C@]12OS(=O)(=O)C=C2N. The lowest BCUT2D eigenvalue weighted by Crippen LogP contribution is -2.58. The van der Waals surface area contributed by atoms with E-state index in [0.717, 1.165) is 9.98 Å². The quantitative estimate of drug-likeness (QED) is 0.239. The summed E-state index contributed by atoms with van der Waals surface area (Å²) in [6.45, 7) is 15.3. The highest BCUT2D eigenvalue weighted by molar-refractivity contribution is 7.90.